The van der Waals surface area contributed by atoms with E-state index in [1.165, 1.54) is 18.3 Å². The second kappa shape index (κ2) is 5.84. The van der Waals surface area contributed by atoms with Crippen molar-refractivity contribution >= 4 is 22.5 Å². The van der Waals surface area contributed by atoms with Crippen LogP contribution in [0.2, 0.25) is 0 Å². The lowest BCUT2D eigenvalue weighted by molar-refractivity contribution is 0.0984. The number of anilines is 1. The molecule has 0 aliphatic carbocycles. The molecule has 126 valence electrons. The second-order valence-electron chi connectivity index (χ2n) is 6.37. The van der Waals surface area contributed by atoms with Gasteiger partial charge in [-0.05, 0) is 49.1 Å². The fourth-order valence-corrected chi connectivity index (χ4v) is 3.52. The van der Waals surface area contributed by atoms with Gasteiger partial charge < -0.3 is 9.88 Å². The summed E-state index contributed by atoms with van der Waals surface area (Å²) in [5, 5.41) is 0.202. The molecule has 2 heterocycles. The minimum absolute atomic E-state index is 0.0363. The number of aromatic nitrogens is 1. The molecular weight excluding hydrogens is 319 g/mol. The summed E-state index contributed by atoms with van der Waals surface area (Å²) >= 11 is 0. The predicted octanol–water partition coefficient (Wildman–Crippen LogP) is 3.57. The lowest BCUT2D eigenvalue weighted by Gasteiger charge is -2.29. The first kappa shape index (κ1) is 15.6. The van der Waals surface area contributed by atoms with Crippen LogP contribution in [0.3, 0.4) is 0 Å². The molecule has 1 aromatic heterocycles. The van der Waals surface area contributed by atoms with Gasteiger partial charge in [-0.3, -0.25) is 9.59 Å². The number of aryl methyl sites for hydroxylation is 2. The Bertz CT molecular complexity index is 1060. The summed E-state index contributed by atoms with van der Waals surface area (Å²) in [5.41, 5.74) is 2.73. The van der Waals surface area contributed by atoms with Crippen LogP contribution in [0.4, 0.5) is 10.1 Å². The van der Waals surface area contributed by atoms with Crippen molar-refractivity contribution in [2.24, 2.45) is 0 Å². The van der Waals surface area contributed by atoms with Gasteiger partial charge in [-0.15, -0.1) is 0 Å². The average molecular weight is 336 g/mol. The average Bonchev–Trinajstić information content (AvgIpc) is 2.61. The summed E-state index contributed by atoms with van der Waals surface area (Å²) in [5.74, 6) is -0.833. The number of amides is 1. The van der Waals surface area contributed by atoms with Gasteiger partial charge in [0.2, 0.25) is 5.43 Å². The van der Waals surface area contributed by atoms with E-state index in [9.17, 15) is 14.0 Å². The van der Waals surface area contributed by atoms with E-state index in [0.29, 0.717) is 17.6 Å². The third kappa shape index (κ3) is 2.52. The Morgan fingerprint density at radius 1 is 1.24 bits per heavy atom. The Hall–Kier alpha value is -2.95. The van der Waals surface area contributed by atoms with E-state index in [0.717, 1.165) is 24.1 Å². The van der Waals surface area contributed by atoms with E-state index in [1.807, 2.05) is 24.3 Å². The summed E-state index contributed by atoms with van der Waals surface area (Å²) in [6, 6.07) is 10.3. The maximum atomic E-state index is 13.7. The molecule has 1 aliphatic rings. The fraction of sp³-hybridized carbons (Fsp3) is 0.200. The van der Waals surface area contributed by atoms with Crippen LogP contribution in [-0.2, 0) is 6.42 Å². The molecule has 1 N–H and O–H groups in total. The van der Waals surface area contributed by atoms with Gasteiger partial charge in [-0.1, -0.05) is 18.2 Å². The summed E-state index contributed by atoms with van der Waals surface area (Å²) < 4.78 is 13.7. The minimum atomic E-state index is -0.483. The number of nitrogens with zero attached hydrogens (tertiary/aromatic N) is 1. The zero-order valence-electron chi connectivity index (χ0n) is 13.8. The normalized spacial score (nSPS) is 13.8. The molecule has 0 unspecified atom stereocenters. The number of rotatable bonds is 1. The number of hydrogen-bond acceptors (Lipinski definition) is 2. The highest BCUT2D eigenvalue weighted by Crippen LogP contribution is 2.28. The second-order valence-corrected chi connectivity index (χ2v) is 6.37. The van der Waals surface area contributed by atoms with Crippen LogP contribution in [0.25, 0.3) is 10.9 Å². The number of halogens is 1. The van der Waals surface area contributed by atoms with Crippen molar-refractivity contribution in [3.8, 4) is 0 Å². The molecule has 4 rings (SSSR count). The standard InChI is InChI=1S/C20H17FN2O2/c1-12-9-14(21)10-15-18(12)22-11-16(19(15)24)20(25)23-8-4-6-13-5-2-3-7-17(13)23/h2-3,5,7,9-11H,4,6,8H2,1H3,(H,22,24). The molecule has 0 radical (unpaired) electrons. The molecule has 4 nitrogen and oxygen atoms in total. The number of carbonyl (C=O) groups is 1. The Morgan fingerprint density at radius 3 is 2.88 bits per heavy atom. The highest BCUT2D eigenvalue weighted by molar-refractivity contribution is 6.08. The van der Waals surface area contributed by atoms with Crippen molar-refractivity contribution < 1.29 is 9.18 Å². The first-order valence-electron chi connectivity index (χ1n) is 8.27. The molecule has 5 heteroatoms. The van der Waals surface area contributed by atoms with E-state index in [2.05, 4.69) is 4.98 Å². The highest BCUT2D eigenvalue weighted by Gasteiger charge is 2.25. The first-order valence-corrected chi connectivity index (χ1v) is 8.27. The number of pyridine rings is 1. The highest BCUT2D eigenvalue weighted by atomic mass is 19.1. The van der Waals surface area contributed by atoms with Crippen molar-refractivity contribution in [1.82, 2.24) is 4.98 Å². The van der Waals surface area contributed by atoms with Crippen molar-refractivity contribution in [3.63, 3.8) is 0 Å². The Kier molecular flexibility index (Phi) is 3.64. The van der Waals surface area contributed by atoms with Gasteiger partial charge in [0, 0.05) is 23.8 Å². The van der Waals surface area contributed by atoms with Crippen LogP contribution in [-0.4, -0.2) is 17.4 Å². The quantitative estimate of drug-likeness (QED) is 0.739. The molecule has 0 fully saturated rings. The molecule has 0 bridgehead atoms. The molecular formula is C20H17FN2O2. The summed E-state index contributed by atoms with van der Waals surface area (Å²) in [7, 11) is 0. The number of aromatic amines is 1. The third-order valence-electron chi connectivity index (χ3n) is 4.74. The summed E-state index contributed by atoms with van der Waals surface area (Å²) in [6.45, 7) is 2.29. The van der Waals surface area contributed by atoms with Crippen molar-refractivity contribution in [2.45, 2.75) is 19.8 Å². The predicted molar refractivity (Wildman–Crippen MR) is 95.7 cm³/mol. The number of fused-ring (bicyclic) bond motifs is 2. The Labute approximate surface area is 143 Å². The SMILES string of the molecule is Cc1cc(F)cc2c(=O)c(C(=O)N3CCCc4ccccc43)c[nH]c12. The van der Waals surface area contributed by atoms with Gasteiger partial charge >= 0.3 is 0 Å². The van der Waals surface area contributed by atoms with Gasteiger partial charge in [0.05, 0.1) is 5.52 Å². The molecule has 25 heavy (non-hydrogen) atoms. The van der Waals surface area contributed by atoms with Crippen LogP contribution in [0.5, 0.6) is 0 Å². The van der Waals surface area contributed by atoms with E-state index < -0.39 is 11.2 Å². The molecule has 0 spiro atoms. The zero-order chi connectivity index (χ0) is 17.6. The van der Waals surface area contributed by atoms with E-state index in [-0.39, 0.29) is 16.9 Å². The lowest BCUT2D eigenvalue weighted by Crippen LogP contribution is -2.38. The number of para-hydroxylation sites is 1. The maximum absolute atomic E-state index is 13.7. The van der Waals surface area contributed by atoms with Crippen LogP contribution in [0.1, 0.15) is 27.9 Å². The van der Waals surface area contributed by atoms with Crippen molar-refractivity contribution in [2.75, 3.05) is 11.4 Å². The van der Waals surface area contributed by atoms with Crippen LogP contribution in [0.15, 0.2) is 47.4 Å². The van der Waals surface area contributed by atoms with Gasteiger partial charge in [0.1, 0.15) is 11.4 Å². The van der Waals surface area contributed by atoms with Gasteiger partial charge in [0.15, 0.2) is 0 Å². The topological polar surface area (TPSA) is 53.2 Å². The summed E-state index contributed by atoms with van der Waals surface area (Å²) in [4.78, 5) is 30.4. The molecule has 0 saturated carbocycles. The van der Waals surface area contributed by atoms with Crippen LogP contribution >= 0.6 is 0 Å². The number of H-pyrrole nitrogens is 1. The van der Waals surface area contributed by atoms with Gasteiger partial charge in [-0.2, -0.15) is 0 Å². The van der Waals surface area contributed by atoms with E-state index in [4.69, 9.17) is 0 Å². The number of hydrogen-bond donors (Lipinski definition) is 1. The van der Waals surface area contributed by atoms with Crippen LogP contribution in [0, 0.1) is 12.7 Å². The fourth-order valence-electron chi connectivity index (χ4n) is 3.52. The maximum Gasteiger partial charge on any atom is 0.263 e. The number of benzene rings is 2. The Balaban J connectivity index is 1.85. The van der Waals surface area contributed by atoms with Gasteiger partial charge in [0.25, 0.3) is 5.91 Å². The molecule has 1 amide bonds. The molecule has 0 saturated heterocycles. The van der Waals surface area contributed by atoms with Crippen molar-refractivity contribution in [1.29, 1.82) is 0 Å². The molecule has 1 aliphatic heterocycles. The molecule has 0 atom stereocenters. The number of carbonyl (C=O) groups excluding carboxylic acids is 1. The molecule has 3 aromatic rings. The summed E-state index contributed by atoms with van der Waals surface area (Å²) in [6.07, 6.45) is 3.20. The van der Waals surface area contributed by atoms with Gasteiger partial charge in [-0.25, -0.2) is 4.39 Å². The monoisotopic (exact) mass is 336 g/mol. The number of nitrogens with one attached hydrogen (secondary N) is 1. The Morgan fingerprint density at radius 2 is 2.04 bits per heavy atom. The van der Waals surface area contributed by atoms with E-state index in [1.54, 1.807) is 11.8 Å². The smallest absolute Gasteiger partial charge is 0.263 e. The third-order valence-corrected chi connectivity index (χ3v) is 4.74. The largest absolute Gasteiger partial charge is 0.360 e. The van der Waals surface area contributed by atoms with E-state index >= 15 is 0 Å². The zero-order valence-corrected chi connectivity index (χ0v) is 13.8. The van der Waals surface area contributed by atoms with Crippen LogP contribution < -0.4 is 10.3 Å². The lowest BCUT2D eigenvalue weighted by atomic mass is 10.0. The first-order chi connectivity index (χ1) is 12.1. The minimum Gasteiger partial charge on any atom is -0.360 e. The molecule has 2 aromatic carbocycles. The van der Waals surface area contributed by atoms with Crippen molar-refractivity contribution in [3.05, 3.63) is 75.3 Å².